The van der Waals surface area contributed by atoms with Crippen molar-refractivity contribution in [1.82, 2.24) is 10.2 Å². The molecule has 3 aliphatic carbocycles. The van der Waals surface area contributed by atoms with Gasteiger partial charge in [0.1, 0.15) is 5.60 Å². The molecule has 2 bridgehead atoms. The number of rotatable bonds is 8. The largest absolute Gasteiger partial charge is 0.467 e. The predicted molar refractivity (Wildman–Crippen MR) is 157 cm³/mol. The van der Waals surface area contributed by atoms with E-state index in [1.54, 1.807) is 0 Å². The normalized spacial score (nSPS) is 30.3. The number of benzene rings is 1. The summed E-state index contributed by atoms with van der Waals surface area (Å²) in [5, 5.41) is 3.20. The van der Waals surface area contributed by atoms with Gasteiger partial charge in [-0.2, -0.15) is 0 Å². The first kappa shape index (κ1) is 29.4. The first-order valence-corrected chi connectivity index (χ1v) is 15.5. The van der Waals surface area contributed by atoms with E-state index in [4.69, 9.17) is 14.0 Å². The number of hydrogen-bond donors (Lipinski definition) is 1. The van der Waals surface area contributed by atoms with Gasteiger partial charge in [-0.25, -0.2) is 4.79 Å². The average Bonchev–Trinajstić information content (AvgIpc) is 3.25. The molecule has 0 spiro atoms. The molecule has 8 heteroatoms. The molecule has 2 saturated heterocycles. The van der Waals surface area contributed by atoms with E-state index in [9.17, 15) is 9.59 Å². The minimum atomic E-state index is -0.468. The minimum Gasteiger partial charge on any atom is -0.444 e. The highest BCUT2D eigenvalue weighted by Crippen LogP contribution is 2.66. The lowest BCUT2D eigenvalue weighted by Crippen LogP contribution is -2.65. The van der Waals surface area contributed by atoms with Crippen LogP contribution in [0.1, 0.15) is 97.9 Å². The van der Waals surface area contributed by atoms with Crippen molar-refractivity contribution in [3.05, 3.63) is 35.9 Å². The second kappa shape index (κ2) is 11.3. The van der Waals surface area contributed by atoms with Crippen molar-refractivity contribution in [2.75, 3.05) is 19.6 Å². The van der Waals surface area contributed by atoms with Crippen LogP contribution >= 0.6 is 0 Å². The highest BCUT2D eigenvalue weighted by molar-refractivity contribution is 6.47. The quantitative estimate of drug-likeness (QED) is 0.402. The Kier molecular flexibility index (Phi) is 8.33. The second-order valence-electron chi connectivity index (χ2n) is 14.5. The number of hydrogen-bond acceptors (Lipinski definition) is 5. The highest BCUT2D eigenvalue weighted by Gasteiger charge is 2.68. The summed E-state index contributed by atoms with van der Waals surface area (Å²) in [6.45, 7) is 14.7. The topological polar surface area (TPSA) is 77.1 Å². The Hall–Kier alpha value is -2.06. The summed E-state index contributed by atoms with van der Waals surface area (Å²) in [4.78, 5) is 27.0. The molecule has 1 aromatic rings. The summed E-state index contributed by atoms with van der Waals surface area (Å²) < 4.78 is 18.9. The van der Waals surface area contributed by atoms with Crippen LogP contribution in [0.15, 0.2) is 30.3 Å². The van der Waals surface area contributed by atoms with Gasteiger partial charge in [-0.05, 0) is 95.0 Å². The van der Waals surface area contributed by atoms with Crippen LogP contribution < -0.4 is 5.32 Å². The number of likely N-dealkylation sites (tertiary alicyclic amines) is 1. The fraction of sp³-hybridized carbons (Fsp3) is 0.750. The maximum atomic E-state index is 12.9. The molecule has 2 heterocycles. The number of nitrogens with zero attached hydrogens (tertiary/aromatic N) is 1. The van der Waals surface area contributed by atoms with Gasteiger partial charge in [-0.1, -0.05) is 44.2 Å². The van der Waals surface area contributed by atoms with Crippen molar-refractivity contribution in [3.8, 4) is 0 Å². The summed E-state index contributed by atoms with van der Waals surface area (Å²) in [6, 6.07) is 10.3. The third kappa shape index (κ3) is 6.08. The van der Waals surface area contributed by atoms with Gasteiger partial charge in [0, 0.05) is 31.9 Å². The van der Waals surface area contributed by atoms with Crippen LogP contribution in [0.4, 0.5) is 4.79 Å². The molecule has 0 radical (unpaired) electrons. The van der Waals surface area contributed by atoms with Crippen molar-refractivity contribution in [2.24, 2.45) is 23.2 Å². The summed E-state index contributed by atoms with van der Waals surface area (Å²) in [7, 11) is -0.358. The van der Waals surface area contributed by atoms with E-state index in [2.05, 4.69) is 38.2 Å². The maximum Gasteiger partial charge on any atom is 0.467 e. The molecule has 5 atom stereocenters. The van der Waals surface area contributed by atoms with Gasteiger partial charge < -0.3 is 24.3 Å². The van der Waals surface area contributed by atoms with Crippen LogP contribution in [0.25, 0.3) is 0 Å². The van der Waals surface area contributed by atoms with Crippen LogP contribution in [0.2, 0.25) is 0 Å². The number of carbonyl (C=O) groups excluding carboxylic acids is 2. The average molecular weight is 553 g/mol. The SMILES string of the molecule is CC(C)(C)OC(=O)N1CCC(CCCC(=O)NC[C@H](B2O[C@@H]3C[C@@H]4C[C@@H](C4(C)C)[C@]3(C)O2)c2ccccc2)CC1. The van der Waals surface area contributed by atoms with Crippen molar-refractivity contribution in [1.29, 1.82) is 0 Å². The van der Waals surface area contributed by atoms with Crippen LogP contribution in [-0.4, -0.2) is 61.0 Å². The van der Waals surface area contributed by atoms with Crippen molar-refractivity contribution < 1.29 is 23.6 Å². The molecule has 220 valence electrons. The molecule has 1 aromatic carbocycles. The van der Waals surface area contributed by atoms with E-state index in [0.29, 0.717) is 36.1 Å². The number of ether oxygens (including phenoxy) is 1. The first-order valence-electron chi connectivity index (χ1n) is 15.5. The molecule has 2 aliphatic heterocycles. The lowest BCUT2D eigenvalue weighted by molar-refractivity contribution is -0.199. The summed E-state index contributed by atoms with van der Waals surface area (Å²) in [6.07, 6.45) is 6.49. The molecule has 3 saturated carbocycles. The zero-order chi connectivity index (χ0) is 28.7. The summed E-state index contributed by atoms with van der Waals surface area (Å²) in [5.41, 5.74) is 0.702. The van der Waals surface area contributed by atoms with E-state index in [1.807, 2.05) is 43.9 Å². The third-order valence-corrected chi connectivity index (χ3v) is 10.3. The zero-order valence-electron chi connectivity index (χ0n) is 25.4. The lowest BCUT2D eigenvalue weighted by Gasteiger charge is -2.64. The molecular formula is C32H49BN2O5. The van der Waals surface area contributed by atoms with Crippen LogP contribution in [-0.2, 0) is 18.8 Å². The van der Waals surface area contributed by atoms with E-state index >= 15 is 0 Å². The molecule has 0 aromatic heterocycles. The molecule has 2 amide bonds. The third-order valence-electron chi connectivity index (χ3n) is 10.3. The molecule has 1 N–H and O–H groups in total. The van der Waals surface area contributed by atoms with Gasteiger partial charge in [0.25, 0.3) is 0 Å². The van der Waals surface area contributed by atoms with E-state index in [-0.39, 0.29) is 36.6 Å². The second-order valence-corrected chi connectivity index (χ2v) is 14.5. The van der Waals surface area contributed by atoms with Gasteiger partial charge in [0.05, 0.1) is 11.7 Å². The van der Waals surface area contributed by atoms with Crippen molar-refractivity contribution in [3.63, 3.8) is 0 Å². The molecule has 40 heavy (non-hydrogen) atoms. The number of piperidine rings is 1. The van der Waals surface area contributed by atoms with Gasteiger partial charge in [-0.3, -0.25) is 4.79 Å². The summed E-state index contributed by atoms with van der Waals surface area (Å²) in [5.74, 6) is 1.79. The Bertz CT molecular complexity index is 1050. The predicted octanol–water partition coefficient (Wildman–Crippen LogP) is 5.97. The fourth-order valence-corrected chi connectivity index (χ4v) is 7.74. The van der Waals surface area contributed by atoms with Crippen molar-refractivity contribution in [2.45, 2.75) is 110 Å². The Morgan fingerprint density at radius 1 is 1.12 bits per heavy atom. The monoisotopic (exact) mass is 552 g/mol. The van der Waals surface area contributed by atoms with Crippen molar-refractivity contribution >= 4 is 19.1 Å². The number of carbonyl (C=O) groups is 2. The van der Waals surface area contributed by atoms with Gasteiger partial charge in [0.15, 0.2) is 0 Å². The highest BCUT2D eigenvalue weighted by atomic mass is 16.7. The van der Waals surface area contributed by atoms with Gasteiger partial charge in [-0.15, -0.1) is 0 Å². The number of nitrogens with one attached hydrogen (secondary N) is 1. The minimum absolute atomic E-state index is 0.0509. The smallest absolute Gasteiger partial charge is 0.444 e. The lowest BCUT2D eigenvalue weighted by atomic mass is 9.43. The molecule has 7 nitrogen and oxygen atoms in total. The molecule has 5 fully saturated rings. The van der Waals surface area contributed by atoms with Gasteiger partial charge in [0.2, 0.25) is 5.91 Å². The van der Waals surface area contributed by atoms with Crippen LogP contribution in [0.3, 0.4) is 0 Å². The maximum absolute atomic E-state index is 12.9. The Morgan fingerprint density at radius 3 is 2.48 bits per heavy atom. The van der Waals surface area contributed by atoms with Crippen LogP contribution in [0, 0.1) is 23.2 Å². The van der Waals surface area contributed by atoms with Gasteiger partial charge >= 0.3 is 13.2 Å². The van der Waals surface area contributed by atoms with Crippen LogP contribution in [0.5, 0.6) is 0 Å². The zero-order valence-corrected chi connectivity index (χ0v) is 25.4. The molecule has 0 unspecified atom stereocenters. The molecule has 5 aliphatic rings. The molecule has 6 rings (SSSR count). The molecular weight excluding hydrogens is 503 g/mol. The van der Waals surface area contributed by atoms with E-state index < -0.39 is 5.60 Å². The standard InChI is InChI=1S/C32H49BN2O5/c1-30(2,3)38-29(37)35-17-15-22(16-18-35)11-10-14-28(36)34-21-25(23-12-8-7-9-13-23)33-39-27-20-24-19-26(31(24,4)5)32(27,6)40-33/h7-9,12-13,22,24-27H,10-11,14-21H2,1-6H3,(H,34,36)/t24-,25-,26-,27+,32-/m0/s1. The first-order chi connectivity index (χ1) is 18.9. The Labute approximate surface area is 241 Å². The summed E-state index contributed by atoms with van der Waals surface area (Å²) >= 11 is 0. The Balaban J connectivity index is 1.09. The van der Waals surface area contributed by atoms with E-state index in [1.165, 1.54) is 6.42 Å². The van der Waals surface area contributed by atoms with E-state index in [0.717, 1.165) is 50.8 Å². The number of amides is 2. The Morgan fingerprint density at radius 2 is 1.82 bits per heavy atom. The fourth-order valence-electron chi connectivity index (χ4n) is 7.74.